The molecule has 0 saturated carbocycles. The van der Waals surface area contributed by atoms with E-state index in [9.17, 15) is 14.4 Å². The van der Waals surface area contributed by atoms with Crippen LogP contribution in [0.3, 0.4) is 0 Å². The van der Waals surface area contributed by atoms with Crippen LogP contribution in [-0.4, -0.2) is 69.0 Å². The van der Waals surface area contributed by atoms with E-state index in [0.29, 0.717) is 12.3 Å². The predicted octanol–water partition coefficient (Wildman–Crippen LogP) is -0.0154. The van der Waals surface area contributed by atoms with Gasteiger partial charge in [-0.25, -0.2) is 0 Å². The first-order chi connectivity index (χ1) is 12.5. The van der Waals surface area contributed by atoms with Crippen molar-refractivity contribution in [2.75, 3.05) is 45.2 Å². The Morgan fingerprint density at radius 1 is 1.31 bits per heavy atom. The number of carbonyl (C=O) groups is 3. The van der Waals surface area contributed by atoms with E-state index >= 15 is 0 Å². The lowest BCUT2D eigenvalue weighted by Gasteiger charge is -2.35. The van der Waals surface area contributed by atoms with Crippen molar-refractivity contribution in [2.24, 2.45) is 0 Å². The van der Waals surface area contributed by atoms with Crippen molar-refractivity contribution in [3.8, 4) is 5.75 Å². The van der Waals surface area contributed by atoms with Crippen molar-refractivity contribution < 1.29 is 19.1 Å². The zero-order valence-corrected chi connectivity index (χ0v) is 15.4. The average molecular weight is 362 g/mol. The number of nitrogens with one attached hydrogen (secondary N) is 2. The summed E-state index contributed by atoms with van der Waals surface area (Å²) in [6.07, 6.45) is 0.148. The molecule has 1 aliphatic rings. The molecule has 1 aromatic rings. The zero-order chi connectivity index (χ0) is 19.1. The van der Waals surface area contributed by atoms with Crippen LogP contribution in [0.5, 0.6) is 5.75 Å². The molecular formula is C18H26N4O4. The Hall–Kier alpha value is -2.77. The SMILES string of the molecule is CCCNC(=O)[C@@H]1CN(CC(=O)N(C)CC(=O)NC)c2ccccc2O1. The zero-order valence-electron chi connectivity index (χ0n) is 15.4. The maximum Gasteiger partial charge on any atom is 0.262 e. The summed E-state index contributed by atoms with van der Waals surface area (Å²) in [4.78, 5) is 39.4. The van der Waals surface area contributed by atoms with Crippen LogP contribution in [-0.2, 0) is 14.4 Å². The number of benzene rings is 1. The summed E-state index contributed by atoms with van der Waals surface area (Å²) < 4.78 is 5.80. The summed E-state index contributed by atoms with van der Waals surface area (Å²) >= 11 is 0. The molecule has 0 spiro atoms. The molecule has 0 aromatic heterocycles. The number of amides is 3. The molecule has 1 heterocycles. The molecule has 3 amide bonds. The molecule has 1 aliphatic heterocycles. The van der Waals surface area contributed by atoms with E-state index in [1.807, 2.05) is 30.0 Å². The lowest BCUT2D eigenvalue weighted by atomic mass is 10.1. The molecule has 0 aliphatic carbocycles. The summed E-state index contributed by atoms with van der Waals surface area (Å²) in [5, 5.41) is 5.32. The topological polar surface area (TPSA) is 91.0 Å². The Morgan fingerprint density at radius 3 is 2.73 bits per heavy atom. The smallest absolute Gasteiger partial charge is 0.262 e. The van der Waals surface area contributed by atoms with Crippen molar-refractivity contribution in [2.45, 2.75) is 19.4 Å². The van der Waals surface area contributed by atoms with Gasteiger partial charge in [0.1, 0.15) is 5.75 Å². The summed E-state index contributed by atoms with van der Waals surface area (Å²) in [5.41, 5.74) is 0.758. The Kier molecular flexibility index (Phi) is 6.82. The van der Waals surface area contributed by atoms with Crippen LogP contribution in [0.4, 0.5) is 5.69 Å². The summed E-state index contributed by atoms with van der Waals surface area (Å²) in [5.74, 6) is -0.0762. The molecule has 0 fully saturated rings. The molecule has 142 valence electrons. The van der Waals surface area contributed by atoms with E-state index in [1.165, 1.54) is 11.9 Å². The lowest BCUT2D eigenvalue weighted by Crippen LogP contribution is -2.52. The second kappa shape index (κ2) is 9.07. The normalized spacial score (nSPS) is 15.5. The number of anilines is 1. The van der Waals surface area contributed by atoms with E-state index in [2.05, 4.69) is 10.6 Å². The maximum atomic E-state index is 12.5. The van der Waals surface area contributed by atoms with Crippen molar-refractivity contribution in [1.29, 1.82) is 0 Å². The van der Waals surface area contributed by atoms with E-state index in [0.717, 1.165) is 12.1 Å². The van der Waals surface area contributed by atoms with Crippen LogP contribution in [0.1, 0.15) is 13.3 Å². The van der Waals surface area contributed by atoms with Crippen LogP contribution in [0, 0.1) is 0 Å². The van der Waals surface area contributed by atoms with Gasteiger partial charge in [-0.2, -0.15) is 0 Å². The van der Waals surface area contributed by atoms with Crippen molar-refractivity contribution in [3.63, 3.8) is 0 Å². The molecule has 26 heavy (non-hydrogen) atoms. The Labute approximate surface area is 153 Å². The number of fused-ring (bicyclic) bond motifs is 1. The van der Waals surface area contributed by atoms with Gasteiger partial charge in [-0.3, -0.25) is 14.4 Å². The van der Waals surface area contributed by atoms with E-state index in [4.69, 9.17) is 4.74 Å². The Bertz CT molecular complexity index is 664. The molecule has 2 rings (SSSR count). The number of para-hydroxylation sites is 2. The minimum absolute atomic E-state index is 0.0122. The molecule has 1 atom stereocenters. The first kappa shape index (κ1) is 19.6. The minimum atomic E-state index is -0.687. The molecular weight excluding hydrogens is 336 g/mol. The van der Waals surface area contributed by atoms with Gasteiger partial charge in [0.25, 0.3) is 5.91 Å². The van der Waals surface area contributed by atoms with Crippen LogP contribution >= 0.6 is 0 Å². The van der Waals surface area contributed by atoms with Gasteiger partial charge in [-0.1, -0.05) is 19.1 Å². The van der Waals surface area contributed by atoms with E-state index in [-0.39, 0.29) is 37.4 Å². The van der Waals surface area contributed by atoms with E-state index < -0.39 is 6.10 Å². The molecule has 0 unspecified atom stereocenters. The molecule has 8 heteroatoms. The van der Waals surface area contributed by atoms with Gasteiger partial charge >= 0.3 is 0 Å². The van der Waals surface area contributed by atoms with Gasteiger partial charge in [0.15, 0.2) is 6.10 Å². The van der Waals surface area contributed by atoms with Crippen molar-refractivity contribution >= 4 is 23.4 Å². The number of carbonyl (C=O) groups excluding carboxylic acids is 3. The van der Waals surface area contributed by atoms with Gasteiger partial charge < -0.3 is 25.2 Å². The molecule has 2 N–H and O–H groups in total. The first-order valence-corrected chi connectivity index (χ1v) is 8.69. The Morgan fingerprint density at radius 2 is 2.04 bits per heavy atom. The summed E-state index contributed by atoms with van der Waals surface area (Å²) in [6.45, 7) is 2.87. The third-order valence-corrected chi connectivity index (χ3v) is 4.11. The second-order valence-electron chi connectivity index (χ2n) is 6.17. The predicted molar refractivity (Wildman–Crippen MR) is 98.1 cm³/mol. The highest BCUT2D eigenvalue weighted by molar-refractivity contribution is 5.88. The number of hydrogen-bond acceptors (Lipinski definition) is 5. The summed E-state index contributed by atoms with van der Waals surface area (Å²) in [7, 11) is 3.10. The highest BCUT2D eigenvalue weighted by Gasteiger charge is 2.31. The van der Waals surface area contributed by atoms with Crippen LogP contribution in [0.25, 0.3) is 0 Å². The number of nitrogens with zero attached hydrogens (tertiary/aromatic N) is 2. The van der Waals surface area contributed by atoms with Gasteiger partial charge in [0, 0.05) is 20.6 Å². The molecule has 0 radical (unpaired) electrons. The fourth-order valence-electron chi connectivity index (χ4n) is 2.62. The molecule has 8 nitrogen and oxygen atoms in total. The Balaban J connectivity index is 2.11. The van der Waals surface area contributed by atoms with Crippen LogP contribution < -0.4 is 20.3 Å². The highest BCUT2D eigenvalue weighted by Crippen LogP contribution is 2.32. The number of likely N-dealkylation sites (N-methyl/N-ethyl adjacent to an activating group) is 2. The van der Waals surface area contributed by atoms with Crippen LogP contribution in [0.15, 0.2) is 24.3 Å². The fraction of sp³-hybridized carbons (Fsp3) is 0.500. The van der Waals surface area contributed by atoms with Gasteiger partial charge in [0.2, 0.25) is 11.8 Å². The highest BCUT2D eigenvalue weighted by atomic mass is 16.5. The van der Waals surface area contributed by atoms with Crippen molar-refractivity contribution in [1.82, 2.24) is 15.5 Å². The number of ether oxygens (including phenoxy) is 1. The average Bonchev–Trinajstić information content (AvgIpc) is 2.65. The van der Waals surface area contributed by atoms with Crippen molar-refractivity contribution in [3.05, 3.63) is 24.3 Å². The van der Waals surface area contributed by atoms with E-state index in [1.54, 1.807) is 13.1 Å². The third kappa shape index (κ3) is 4.87. The number of hydrogen-bond donors (Lipinski definition) is 2. The van der Waals surface area contributed by atoms with Gasteiger partial charge in [-0.15, -0.1) is 0 Å². The third-order valence-electron chi connectivity index (χ3n) is 4.11. The molecule has 0 saturated heterocycles. The van der Waals surface area contributed by atoms with Gasteiger partial charge in [0.05, 0.1) is 25.3 Å². The number of rotatable bonds is 7. The fourth-order valence-corrected chi connectivity index (χ4v) is 2.62. The standard InChI is InChI=1S/C18H26N4O4/c1-4-9-20-18(25)15-10-22(13-7-5-6-8-14(13)26-15)12-17(24)21(3)11-16(23)19-2/h5-8,15H,4,9-12H2,1-3H3,(H,19,23)(H,20,25)/t15-/m0/s1. The second-order valence-corrected chi connectivity index (χ2v) is 6.17. The maximum absolute atomic E-state index is 12.5. The minimum Gasteiger partial charge on any atom is -0.477 e. The molecule has 0 bridgehead atoms. The van der Waals surface area contributed by atoms with Gasteiger partial charge in [-0.05, 0) is 18.6 Å². The van der Waals surface area contributed by atoms with Crippen LogP contribution in [0.2, 0.25) is 0 Å². The summed E-state index contributed by atoms with van der Waals surface area (Å²) in [6, 6.07) is 7.30. The first-order valence-electron chi connectivity index (χ1n) is 8.69. The largest absolute Gasteiger partial charge is 0.477 e. The lowest BCUT2D eigenvalue weighted by molar-refractivity contribution is -0.133. The molecule has 1 aromatic carbocycles. The quantitative estimate of drug-likeness (QED) is 0.712. The monoisotopic (exact) mass is 362 g/mol.